The molecule has 0 bridgehead atoms. The Hall–Kier alpha value is -4.40. The maximum absolute atomic E-state index is 13.7. The van der Waals surface area contributed by atoms with Crippen LogP contribution in [0.15, 0.2) is 63.2 Å². The van der Waals surface area contributed by atoms with Crippen LogP contribution >= 0.6 is 0 Å². The number of nitrogens with one attached hydrogen (secondary N) is 4. The van der Waals surface area contributed by atoms with Crippen molar-refractivity contribution in [3.05, 3.63) is 48.6 Å². The first-order chi connectivity index (χ1) is 23.4. The summed E-state index contributed by atoms with van der Waals surface area (Å²) in [7, 11) is -13.4. The third kappa shape index (κ3) is 8.48. The molecule has 0 aliphatic rings. The number of hydrogen-bond acceptors (Lipinski definition) is 10. The molecule has 0 fully saturated rings. The average Bonchev–Trinajstić information content (AvgIpc) is 3.03. The number of phenols is 1. The Morgan fingerprint density at radius 3 is 1.42 bits per heavy atom. The molecule has 0 saturated carbocycles. The highest BCUT2D eigenvalue weighted by Gasteiger charge is 2.29. The van der Waals surface area contributed by atoms with E-state index in [9.17, 15) is 44.7 Å². The van der Waals surface area contributed by atoms with E-state index in [-0.39, 0.29) is 101 Å². The molecule has 0 aromatic heterocycles. The largest absolute Gasteiger partial charge is 0.507 e. The number of sulfonamides is 3. The van der Waals surface area contributed by atoms with Crippen molar-refractivity contribution in [3.63, 3.8) is 0 Å². The predicted molar refractivity (Wildman–Crippen MR) is 184 cm³/mol. The number of carbonyl (C=O) groups is 3. The molecule has 19 heteroatoms. The van der Waals surface area contributed by atoms with Crippen LogP contribution in [0, 0.1) is 0 Å². The number of carbonyl (C=O) groups excluding carboxylic acids is 1. The third-order valence-electron chi connectivity index (χ3n) is 7.67. The summed E-state index contributed by atoms with van der Waals surface area (Å²) in [6, 6.07) is 7.32. The first kappa shape index (κ1) is 38.4. The van der Waals surface area contributed by atoms with Crippen molar-refractivity contribution in [2.24, 2.45) is 0 Å². The van der Waals surface area contributed by atoms with Gasteiger partial charge in [-0.15, -0.1) is 0 Å². The smallest absolute Gasteiger partial charge is 0.303 e. The van der Waals surface area contributed by atoms with Crippen LogP contribution in [0.1, 0.15) is 39.0 Å². The summed E-state index contributed by atoms with van der Waals surface area (Å²) in [5, 5.41) is 31.7. The van der Waals surface area contributed by atoms with Crippen LogP contribution in [0.5, 0.6) is 5.75 Å². The van der Waals surface area contributed by atoms with E-state index in [1.807, 2.05) is 0 Å². The average molecular weight is 753 g/mol. The van der Waals surface area contributed by atoms with Gasteiger partial charge in [0.15, 0.2) is 0 Å². The summed E-state index contributed by atoms with van der Waals surface area (Å²) in [4.78, 5) is 32.2. The second-order valence-electron chi connectivity index (χ2n) is 11.4. The first-order valence-corrected chi connectivity index (χ1v) is 19.7. The van der Waals surface area contributed by atoms with E-state index in [1.165, 1.54) is 31.2 Å². The van der Waals surface area contributed by atoms with Crippen LogP contribution in [0.3, 0.4) is 0 Å². The minimum atomic E-state index is -4.52. The van der Waals surface area contributed by atoms with E-state index in [1.54, 1.807) is 0 Å². The maximum atomic E-state index is 13.7. The van der Waals surface area contributed by atoms with Gasteiger partial charge in [0.25, 0.3) is 0 Å². The van der Waals surface area contributed by atoms with Crippen molar-refractivity contribution < 1.29 is 55.0 Å². The van der Waals surface area contributed by atoms with Crippen molar-refractivity contribution in [2.75, 3.05) is 26.2 Å². The molecule has 0 aliphatic carbocycles. The molecule has 0 heterocycles. The molecule has 0 saturated heterocycles. The van der Waals surface area contributed by atoms with E-state index in [2.05, 4.69) is 26.1 Å². The van der Waals surface area contributed by atoms with Gasteiger partial charge in [0.2, 0.25) is 36.0 Å². The number of carboxylic acids is 2. The van der Waals surface area contributed by atoms with Gasteiger partial charge >= 0.3 is 11.9 Å². The zero-order chi connectivity index (χ0) is 37.0. The molecule has 7 N–H and O–H groups in total. The molecule has 4 aromatic rings. The number of hydrogen-bond donors (Lipinski definition) is 7. The molecular formula is C31H36N4O12S3. The molecule has 0 unspecified atom stereocenters. The summed E-state index contributed by atoms with van der Waals surface area (Å²) in [6.45, 7) is 4.50. The van der Waals surface area contributed by atoms with Crippen molar-refractivity contribution >= 4 is 80.2 Å². The van der Waals surface area contributed by atoms with E-state index in [0.717, 1.165) is 12.1 Å². The van der Waals surface area contributed by atoms with E-state index in [4.69, 9.17) is 10.2 Å². The lowest BCUT2D eigenvalue weighted by atomic mass is 9.94. The fourth-order valence-electron chi connectivity index (χ4n) is 5.32. The van der Waals surface area contributed by atoms with Crippen LogP contribution in [-0.4, -0.2) is 84.6 Å². The van der Waals surface area contributed by atoms with Crippen LogP contribution in [0.4, 0.5) is 0 Å². The van der Waals surface area contributed by atoms with Crippen molar-refractivity contribution in [3.8, 4) is 5.75 Å². The lowest BCUT2D eigenvalue weighted by Gasteiger charge is -2.20. The Morgan fingerprint density at radius 1 is 0.620 bits per heavy atom. The number of rotatable bonds is 19. The molecule has 50 heavy (non-hydrogen) atoms. The predicted octanol–water partition coefficient (Wildman–Crippen LogP) is 1.94. The lowest BCUT2D eigenvalue weighted by molar-refractivity contribution is -0.138. The Labute approximate surface area is 288 Å². The number of carboxylic acid groups (broad SMARTS) is 2. The summed E-state index contributed by atoms with van der Waals surface area (Å²) in [6.07, 6.45) is -0.612. The fraction of sp³-hybridized carbons (Fsp3) is 0.323. The molecule has 4 rings (SSSR count). The molecule has 16 nitrogen and oxygen atoms in total. The second-order valence-corrected chi connectivity index (χ2v) is 16.6. The summed E-state index contributed by atoms with van der Waals surface area (Å²) in [5.41, 5.74) is 0.282. The van der Waals surface area contributed by atoms with Gasteiger partial charge in [-0.3, -0.25) is 14.4 Å². The molecule has 0 atom stereocenters. The minimum Gasteiger partial charge on any atom is -0.507 e. The van der Waals surface area contributed by atoms with Crippen LogP contribution in [0.2, 0.25) is 0 Å². The highest BCUT2D eigenvalue weighted by molar-refractivity contribution is 7.90. The van der Waals surface area contributed by atoms with Gasteiger partial charge in [0.05, 0.1) is 14.7 Å². The molecule has 0 spiro atoms. The van der Waals surface area contributed by atoms with Crippen LogP contribution in [0.25, 0.3) is 32.3 Å². The molecule has 4 aromatic carbocycles. The van der Waals surface area contributed by atoms with Gasteiger partial charge in [0, 0.05) is 83.0 Å². The standard InChI is InChI=1S/C31H36N4O12S3/c1-18(2)31(41)32-12-5-15-35-48(42,43)24-16-23(36)19-8-9-21-25(49(44,45)33-13-3-6-27(37)38)17-26(22-11-10-20(24)29(19)30(21)22)50(46,47)34-14-4-7-28(39)40/h8-11,16-17,33-36H,1,3-7,12-15H2,2H3,(H,32,41)(H,37,38)(H,39,40). The van der Waals surface area contributed by atoms with Gasteiger partial charge in [-0.25, -0.2) is 39.4 Å². The lowest BCUT2D eigenvalue weighted by Crippen LogP contribution is -2.30. The van der Waals surface area contributed by atoms with Gasteiger partial charge in [-0.1, -0.05) is 24.8 Å². The van der Waals surface area contributed by atoms with Crippen LogP contribution in [-0.2, 0) is 44.5 Å². The SMILES string of the molecule is C=C(C)C(=O)NCCCNS(=O)(=O)c1cc(O)c2ccc3c(S(=O)(=O)NCCCC(=O)O)cc(S(=O)(=O)NCCCC(=O)O)c4ccc1c2c34. The molecule has 270 valence electrons. The number of amides is 1. The fourth-order valence-corrected chi connectivity index (χ4v) is 9.29. The molecular weight excluding hydrogens is 717 g/mol. The number of aromatic hydroxyl groups is 1. The van der Waals surface area contributed by atoms with Gasteiger partial charge in [0.1, 0.15) is 5.75 Å². The highest BCUT2D eigenvalue weighted by atomic mass is 32.2. The maximum Gasteiger partial charge on any atom is 0.303 e. The quantitative estimate of drug-likeness (QED) is 0.0412. The molecule has 0 radical (unpaired) electrons. The Bertz CT molecular complexity index is 2250. The summed E-state index contributed by atoms with van der Waals surface area (Å²) in [5.74, 6) is -3.18. The zero-order valence-electron chi connectivity index (χ0n) is 26.8. The monoisotopic (exact) mass is 752 g/mol. The summed E-state index contributed by atoms with van der Waals surface area (Å²) >= 11 is 0. The Balaban J connectivity index is 1.89. The number of aliphatic carboxylic acids is 2. The van der Waals surface area contributed by atoms with Crippen molar-refractivity contribution in [1.82, 2.24) is 19.5 Å². The topological polar surface area (TPSA) is 262 Å². The summed E-state index contributed by atoms with van der Waals surface area (Å²) < 4.78 is 88.7. The second kappa shape index (κ2) is 15.2. The minimum absolute atomic E-state index is 0.00850. The van der Waals surface area contributed by atoms with Crippen LogP contribution < -0.4 is 19.5 Å². The van der Waals surface area contributed by atoms with Gasteiger partial charge in [-0.05, 0) is 38.3 Å². The van der Waals surface area contributed by atoms with Gasteiger partial charge < -0.3 is 20.6 Å². The zero-order valence-corrected chi connectivity index (χ0v) is 29.2. The molecule has 1 amide bonds. The highest BCUT2D eigenvalue weighted by Crippen LogP contribution is 2.44. The van der Waals surface area contributed by atoms with Crippen molar-refractivity contribution in [1.29, 1.82) is 0 Å². The first-order valence-electron chi connectivity index (χ1n) is 15.2. The number of benzene rings is 4. The third-order valence-corrected chi connectivity index (χ3v) is 12.2. The molecule has 0 aliphatic heterocycles. The Kier molecular flexibility index (Phi) is 11.7. The Morgan fingerprint density at radius 2 is 1.00 bits per heavy atom. The van der Waals surface area contributed by atoms with Gasteiger partial charge in [-0.2, -0.15) is 0 Å². The number of phenolic OH excluding ortho intramolecular Hbond substituents is 1. The van der Waals surface area contributed by atoms with E-state index in [0.29, 0.717) is 0 Å². The van der Waals surface area contributed by atoms with E-state index < -0.39 is 63.5 Å². The normalized spacial score (nSPS) is 12.5. The van der Waals surface area contributed by atoms with E-state index >= 15 is 0 Å². The van der Waals surface area contributed by atoms with Crippen molar-refractivity contribution in [2.45, 2.75) is 53.7 Å².